The Balaban J connectivity index is 1.77. The van der Waals surface area contributed by atoms with Crippen molar-refractivity contribution in [2.45, 2.75) is 37.3 Å². The maximum Gasteiger partial charge on any atom is 0.260 e. The maximum absolute atomic E-state index is 12.9. The zero-order valence-corrected chi connectivity index (χ0v) is 13.4. The first-order valence-electron chi connectivity index (χ1n) is 7.17. The van der Waals surface area contributed by atoms with Gasteiger partial charge in [0.1, 0.15) is 5.82 Å². The van der Waals surface area contributed by atoms with E-state index < -0.39 is 10.0 Å². The van der Waals surface area contributed by atoms with Gasteiger partial charge in [-0.2, -0.15) is 4.31 Å². The summed E-state index contributed by atoms with van der Waals surface area (Å²) < 4.78 is 27.6. The normalized spacial score (nSPS) is 23.2. The standard InChI is InChI=1S/C14H17N3O2S2/c1-9-15-8-13(16-9)21(18,19)17-6-4-12-11(5-7-20-12)14(17)10-2-3-10/h5,7-8,10,14H,2-4,6H2,1H3,(H,15,16). The molecule has 2 aliphatic rings. The van der Waals surface area contributed by atoms with E-state index in [1.54, 1.807) is 22.6 Å². The Morgan fingerprint density at radius 3 is 2.90 bits per heavy atom. The monoisotopic (exact) mass is 323 g/mol. The van der Waals surface area contributed by atoms with Gasteiger partial charge in [-0.15, -0.1) is 11.3 Å². The molecule has 4 rings (SSSR count). The van der Waals surface area contributed by atoms with Crippen LogP contribution in [0.4, 0.5) is 0 Å². The molecular weight excluding hydrogens is 306 g/mol. The minimum Gasteiger partial charge on any atom is -0.332 e. The highest BCUT2D eigenvalue weighted by atomic mass is 32.2. The molecule has 1 saturated carbocycles. The van der Waals surface area contributed by atoms with Crippen LogP contribution in [0.15, 0.2) is 22.7 Å². The molecule has 7 heteroatoms. The van der Waals surface area contributed by atoms with E-state index in [0.29, 0.717) is 18.3 Å². The summed E-state index contributed by atoms with van der Waals surface area (Å²) in [5.74, 6) is 1.10. The van der Waals surface area contributed by atoms with Gasteiger partial charge in [-0.3, -0.25) is 0 Å². The maximum atomic E-state index is 12.9. The number of hydrogen-bond acceptors (Lipinski definition) is 4. The molecule has 1 unspecified atom stereocenters. The average Bonchev–Trinajstić information content (AvgIpc) is 3.00. The lowest BCUT2D eigenvalue weighted by Gasteiger charge is -2.34. The number of aryl methyl sites for hydroxylation is 1. The summed E-state index contributed by atoms with van der Waals surface area (Å²) in [6, 6.07) is 2.11. The van der Waals surface area contributed by atoms with Gasteiger partial charge in [0.2, 0.25) is 0 Å². The number of nitrogens with one attached hydrogen (secondary N) is 1. The predicted octanol–water partition coefficient (Wildman–Crippen LogP) is 2.48. The van der Waals surface area contributed by atoms with Crippen molar-refractivity contribution >= 4 is 21.4 Å². The van der Waals surface area contributed by atoms with E-state index in [4.69, 9.17) is 0 Å². The van der Waals surface area contributed by atoms with Gasteiger partial charge in [0, 0.05) is 11.4 Å². The smallest absolute Gasteiger partial charge is 0.260 e. The van der Waals surface area contributed by atoms with Crippen LogP contribution in [0.5, 0.6) is 0 Å². The van der Waals surface area contributed by atoms with Crippen molar-refractivity contribution in [1.82, 2.24) is 14.3 Å². The molecule has 1 fully saturated rings. The number of H-pyrrole nitrogens is 1. The molecule has 5 nitrogen and oxygen atoms in total. The number of rotatable bonds is 3. The van der Waals surface area contributed by atoms with Crippen molar-refractivity contribution < 1.29 is 8.42 Å². The lowest BCUT2D eigenvalue weighted by molar-refractivity contribution is 0.282. The van der Waals surface area contributed by atoms with Crippen molar-refractivity contribution in [2.24, 2.45) is 5.92 Å². The number of hydrogen-bond donors (Lipinski definition) is 1. The average molecular weight is 323 g/mol. The number of nitrogens with zero attached hydrogens (tertiary/aromatic N) is 2. The van der Waals surface area contributed by atoms with Crippen LogP contribution in [0.2, 0.25) is 0 Å². The molecule has 0 saturated heterocycles. The third-order valence-electron chi connectivity index (χ3n) is 4.30. The summed E-state index contributed by atoms with van der Waals surface area (Å²) in [4.78, 5) is 8.26. The first-order chi connectivity index (χ1) is 10.1. The summed E-state index contributed by atoms with van der Waals surface area (Å²) in [6.45, 7) is 2.33. The second kappa shape index (κ2) is 4.66. The molecule has 0 aromatic carbocycles. The number of imidazole rings is 1. The topological polar surface area (TPSA) is 66.1 Å². The van der Waals surface area contributed by atoms with Crippen molar-refractivity contribution in [1.29, 1.82) is 0 Å². The van der Waals surface area contributed by atoms with Crippen molar-refractivity contribution in [3.63, 3.8) is 0 Å². The fourth-order valence-corrected chi connectivity index (χ4v) is 5.69. The summed E-state index contributed by atoms with van der Waals surface area (Å²) >= 11 is 1.75. The first-order valence-corrected chi connectivity index (χ1v) is 9.49. The number of sulfonamides is 1. The lowest BCUT2D eigenvalue weighted by atomic mass is 9.98. The molecule has 0 bridgehead atoms. The summed E-state index contributed by atoms with van der Waals surface area (Å²) in [5.41, 5.74) is 1.22. The van der Waals surface area contributed by atoms with E-state index in [9.17, 15) is 8.42 Å². The van der Waals surface area contributed by atoms with E-state index in [0.717, 1.165) is 19.3 Å². The Labute approximate surface area is 128 Å². The minimum atomic E-state index is -3.50. The third kappa shape index (κ3) is 2.15. The molecule has 0 radical (unpaired) electrons. The van der Waals surface area contributed by atoms with E-state index >= 15 is 0 Å². The van der Waals surface area contributed by atoms with Gasteiger partial charge in [-0.05, 0) is 49.1 Å². The van der Waals surface area contributed by atoms with Gasteiger partial charge in [0.25, 0.3) is 10.0 Å². The number of aromatic nitrogens is 2. The lowest BCUT2D eigenvalue weighted by Crippen LogP contribution is -2.40. The fourth-order valence-electron chi connectivity index (χ4n) is 3.15. The molecular formula is C14H17N3O2S2. The Hall–Kier alpha value is -1.18. The van der Waals surface area contributed by atoms with Crippen molar-refractivity contribution in [3.05, 3.63) is 33.9 Å². The predicted molar refractivity (Wildman–Crippen MR) is 80.7 cm³/mol. The molecule has 0 amide bonds. The molecule has 1 atom stereocenters. The zero-order valence-electron chi connectivity index (χ0n) is 11.7. The molecule has 2 aromatic heterocycles. The van der Waals surface area contributed by atoms with Gasteiger partial charge in [-0.25, -0.2) is 13.4 Å². The molecule has 2 aromatic rings. The van der Waals surface area contributed by atoms with E-state index in [1.807, 2.05) is 0 Å². The second-order valence-electron chi connectivity index (χ2n) is 5.78. The largest absolute Gasteiger partial charge is 0.332 e. The van der Waals surface area contributed by atoms with Gasteiger partial charge in [0.05, 0.1) is 12.2 Å². The number of aromatic amines is 1. The Bertz CT molecular complexity index is 774. The Morgan fingerprint density at radius 2 is 2.24 bits per heavy atom. The minimum absolute atomic E-state index is 0.00797. The van der Waals surface area contributed by atoms with Crippen molar-refractivity contribution in [2.75, 3.05) is 6.54 Å². The van der Waals surface area contributed by atoms with Crippen LogP contribution >= 0.6 is 11.3 Å². The Morgan fingerprint density at radius 1 is 1.43 bits per heavy atom. The number of thiophene rings is 1. The van der Waals surface area contributed by atoms with Crippen LogP contribution < -0.4 is 0 Å². The van der Waals surface area contributed by atoms with E-state index in [1.165, 1.54) is 16.6 Å². The SMILES string of the molecule is Cc1ncc(S(=O)(=O)N2CCc3sccc3C2C2CC2)[nH]1. The van der Waals surface area contributed by atoms with Crippen molar-refractivity contribution in [3.8, 4) is 0 Å². The first kappa shape index (κ1) is 13.5. The quantitative estimate of drug-likeness (QED) is 0.943. The molecule has 21 heavy (non-hydrogen) atoms. The summed E-state index contributed by atoms with van der Waals surface area (Å²) in [7, 11) is -3.50. The summed E-state index contributed by atoms with van der Waals surface area (Å²) in [6.07, 6.45) is 4.47. The molecule has 1 aliphatic heterocycles. The number of fused-ring (bicyclic) bond motifs is 1. The molecule has 0 spiro atoms. The Kier molecular flexibility index (Phi) is 2.99. The van der Waals surface area contributed by atoms with Gasteiger partial charge >= 0.3 is 0 Å². The van der Waals surface area contributed by atoms with Crippen LogP contribution in [0, 0.1) is 12.8 Å². The van der Waals surface area contributed by atoms with E-state index in [2.05, 4.69) is 21.4 Å². The molecule has 1 aliphatic carbocycles. The highest BCUT2D eigenvalue weighted by Gasteiger charge is 2.45. The zero-order chi connectivity index (χ0) is 14.6. The van der Waals surface area contributed by atoms with Crippen LogP contribution in [-0.2, 0) is 16.4 Å². The van der Waals surface area contributed by atoms with Crippen LogP contribution in [0.1, 0.15) is 35.1 Å². The van der Waals surface area contributed by atoms with Crippen LogP contribution in [0.25, 0.3) is 0 Å². The fraction of sp³-hybridized carbons (Fsp3) is 0.500. The van der Waals surface area contributed by atoms with Gasteiger partial charge < -0.3 is 4.98 Å². The third-order valence-corrected chi connectivity index (χ3v) is 7.09. The second-order valence-corrected chi connectivity index (χ2v) is 8.64. The van der Waals surface area contributed by atoms with Gasteiger partial charge in [-0.1, -0.05) is 0 Å². The van der Waals surface area contributed by atoms with Gasteiger partial charge in [0.15, 0.2) is 5.03 Å². The molecule has 112 valence electrons. The highest BCUT2D eigenvalue weighted by Crippen LogP contribution is 2.49. The molecule has 3 heterocycles. The van der Waals surface area contributed by atoms with Crippen LogP contribution in [-0.4, -0.2) is 29.2 Å². The summed E-state index contributed by atoms with van der Waals surface area (Å²) in [5, 5.41) is 2.29. The molecule has 1 N–H and O–H groups in total. The van der Waals surface area contributed by atoms with Crippen LogP contribution in [0.3, 0.4) is 0 Å². The van der Waals surface area contributed by atoms with E-state index in [-0.39, 0.29) is 11.1 Å². The highest BCUT2D eigenvalue weighted by molar-refractivity contribution is 7.89.